The summed E-state index contributed by atoms with van der Waals surface area (Å²) in [5, 5.41) is 10.8. The largest absolute Gasteiger partial charge is 0.393 e. The van der Waals surface area contributed by atoms with Crippen molar-refractivity contribution in [1.82, 2.24) is 0 Å². The Morgan fingerprint density at radius 2 is 1.68 bits per heavy atom. The van der Waals surface area contributed by atoms with Crippen LogP contribution >= 0.6 is 0 Å². The van der Waals surface area contributed by atoms with Crippen molar-refractivity contribution in [2.75, 3.05) is 0 Å². The summed E-state index contributed by atoms with van der Waals surface area (Å²) in [7, 11) is 0. The lowest BCUT2D eigenvalue weighted by atomic mass is 9.36. The first-order valence-electron chi connectivity index (χ1n) is 13.4. The van der Waals surface area contributed by atoms with Crippen LogP contribution in [0.3, 0.4) is 0 Å². The molecule has 1 nitrogen and oxygen atoms in total. The Labute approximate surface area is 193 Å². The molecule has 0 aliphatic heterocycles. The lowest BCUT2D eigenvalue weighted by Gasteiger charge is -2.69. The van der Waals surface area contributed by atoms with E-state index in [2.05, 4.69) is 61.5 Å². The number of rotatable bonds is 4. The molecule has 0 unspecified atom stereocenters. The predicted molar refractivity (Wildman–Crippen MR) is 133 cm³/mol. The Balaban J connectivity index is 1.64. The molecule has 4 aliphatic rings. The van der Waals surface area contributed by atoms with E-state index in [0.717, 1.165) is 18.3 Å². The van der Waals surface area contributed by atoms with Gasteiger partial charge >= 0.3 is 0 Å². The van der Waals surface area contributed by atoms with E-state index >= 15 is 0 Å². The van der Waals surface area contributed by atoms with Crippen molar-refractivity contribution in [1.29, 1.82) is 0 Å². The summed E-state index contributed by atoms with van der Waals surface area (Å²) in [6.45, 7) is 19.7. The van der Waals surface area contributed by atoms with E-state index in [1.807, 2.05) is 11.1 Å². The maximum Gasteiger partial charge on any atom is 0.0594 e. The number of hydrogen-bond acceptors (Lipinski definition) is 1. The average Bonchev–Trinajstić information content (AvgIpc) is 3.03. The number of fused-ring (bicyclic) bond motifs is 5. The molecule has 3 fully saturated rings. The average molecular weight is 427 g/mol. The van der Waals surface area contributed by atoms with E-state index in [4.69, 9.17) is 0 Å². The first-order chi connectivity index (χ1) is 14.4. The summed E-state index contributed by atoms with van der Waals surface area (Å²) < 4.78 is 0. The van der Waals surface area contributed by atoms with E-state index in [9.17, 15) is 5.11 Å². The summed E-state index contributed by atoms with van der Waals surface area (Å²) in [5.41, 5.74) is 6.45. The second-order valence-electron chi connectivity index (χ2n) is 13.6. The zero-order valence-electron chi connectivity index (χ0n) is 21.9. The summed E-state index contributed by atoms with van der Waals surface area (Å²) >= 11 is 0. The zero-order valence-corrected chi connectivity index (χ0v) is 21.9. The van der Waals surface area contributed by atoms with Crippen LogP contribution in [0.5, 0.6) is 0 Å². The second kappa shape index (κ2) is 7.75. The van der Waals surface area contributed by atoms with Crippen molar-refractivity contribution in [3.05, 3.63) is 22.8 Å². The quantitative estimate of drug-likeness (QED) is 0.447. The Morgan fingerprint density at radius 3 is 2.35 bits per heavy atom. The zero-order chi connectivity index (χ0) is 22.8. The Bertz CT molecular complexity index is 767. The first kappa shape index (κ1) is 23.6. The molecule has 176 valence electrons. The normalized spacial score (nSPS) is 44.9. The van der Waals surface area contributed by atoms with Crippen LogP contribution in [0.4, 0.5) is 0 Å². The molecule has 3 saturated carbocycles. The third-order valence-corrected chi connectivity index (χ3v) is 11.7. The molecule has 0 amide bonds. The molecule has 0 radical (unpaired) electrons. The maximum atomic E-state index is 10.8. The van der Waals surface area contributed by atoms with Crippen molar-refractivity contribution in [3.8, 4) is 0 Å². The van der Waals surface area contributed by atoms with Crippen LogP contribution in [0.15, 0.2) is 22.8 Å². The first-order valence-corrected chi connectivity index (χ1v) is 13.4. The lowest BCUT2D eigenvalue weighted by molar-refractivity contribution is -0.200. The van der Waals surface area contributed by atoms with Gasteiger partial charge in [-0.3, -0.25) is 0 Å². The highest BCUT2D eigenvalue weighted by Crippen LogP contribution is 2.74. The van der Waals surface area contributed by atoms with E-state index < -0.39 is 0 Å². The third-order valence-electron chi connectivity index (χ3n) is 11.7. The predicted octanol–water partition coefficient (Wildman–Crippen LogP) is 8.48. The third kappa shape index (κ3) is 3.34. The van der Waals surface area contributed by atoms with Crippen LogP contribution in [0.2, 0.25) is 0 Å². The minimum absolute atomic E-state index is 0.0611. The molecule has 0 heterocycles. The fraction of sp³-hybridized carbons (Fsp3) is 0.867. The summed E-state index contributed by atoms with van der Waals surface area (Å²) in [6.07, 6.45) is 15.2. The molecular weight excluding hydrogens is 376 g/mol. The molecule has 1 N–H and O–H groups in total. The number of aliphatic hydroxyl groups excluding tert-OH is 1. The van der Waals surface area contributed by atoms with Gasteiger partial charge in [0.1, 0.15) is 0 Å². The molecule has 0 spiro atoms. The van der Waals surface area contributed by atoms with Gasteiger partial charge in [0, 0.05) is 0 Å². The van der Waals surface area contributed by atoms with Crippen LogP contribution in [0, 0.1) is 39.4 Å². The van der Waals surface area contributed by atoms with E-state index in [0.29, 0.717) is 22.2 Å². The summed E-state index contributed by atoms with van der Waals surface area (Å²) in [6, 6.07) is 0. The van der Waals surface area contributed by atoms with Gasteiger partial charge in [0.2, 0.25) is 0 Å². The van der Waals surface area contributed by atoms with Gasteiger partial charge in [-0.15, -0.1) is 0 Å². The van der Waals surface area contributed by atoms with Gasteiger partial charge < -0.3 is 5.11 Å². The minimum atomic E-state index is -0.121. The van der Waals surface area contributed by atoms with E-state index in [-0.39, 0.29) is 11.5 Å². The van der Waals surface area contributed by atoms with Gasteiger partial charge in [-0.1, -0.05) is 64.3 Å². The van der Waals surface area contributed by atoms with Crippen LogP contribution in [-0.2, 0) is 0 Å². The molecule has 7 atom stereocenters. The fourth-order valence-corrected chi connectivity index (χ4v) is 9.59. The Morgan fingerprint density at radius 1 is 0.968 bits per heavy atom. The van der Waals surface area contributed by atoms with Gasteiger partial charge in [0.05, 0.1) is 6.10 Å². The molecule has 0 bridgehead atoms. The van der Waals surface area contributed by atoms with Crippen molar-refractivity contribution >= 4 is 0 Å². The SMILES string of the molecule is CC(C)=CCC[C@@H](C)C1=C2CC[C@@H]3[C@@]4(C)CC[C@H](O)C(C)(C)[C@@H]4CC[C@@]3(C)[C@@]2(C)CC1. The minimum Gasteiger partial charge on any atom is -0.393 e. The summed E-state index contributed by atoms with van der Waals surface area (Å²) in [4.78, 5) is 0. The number of aliphatic hydroxyl groups is 1. The lowest BCUT2D eigenvalue weighted by Crippen LogP contribution is -2.62. The highest BCUT2D eigenvalue weighted by molar-refractivity contribution is 5.36. The van der Waals surface area contributed by atoms with E-state index in [1.165, 1.54) is 63.4 Å². The monoisotopic (exact) mass is 426 g/mol. The van der Waals surface area contributed by atoms with Gasteiger partial charge in [-0.25, -0.2) is 0 Å². The van der Waals surface area contributed by atoms with Crippen LogP contribution in [-0.4, -0.2) is 11.2 Å². The Hall–Kier alpha value is -0.560. The van der Waals surface area contributed by atoms with Crippen molar-refractivity contribution < 1.29 is 5.11 Å². The van der Waals surface area contributed by atoms with Crippen molar-refractivity contribution in [2.45, 2.75) is 126 Å². The number of hydrogen-bond donors (Lipinski definition) is 1. The molecule has 0 aromatic heterocycles. The van der Waals surface area contributed by atoms with Crippen molar-refractivity contribution in [3.63, 3.8) is 0 Å². The standard InChI is InChI=1S/C30H50O/c1-20(2)10-9-11-21(3)22-14-18-29(7)23(22)12-13-25-28(6)17-16-26(31)27(4,5)24(28)15-19-30(25,29)8/h10,21,24-26,31H,9,11-19H2,1-8H3/t21-,24+,25-,26+,28+,29+,30-/m1/s1. The van der Waals surface area contributed by atoms with Crippen LogP contribution < -0.4 is 0 Å². The van der Waals surface area contributed by atoms with Crippen molar-refractivity contribution in [2.24, 2.45) is 39.4 Å². The smallest absolute Gasteiger partial charge is 0.0594 e. The molecule has 1 heteroatoms. The molecule has 4 aliphatic carbocycles. The second-order valence-corrected chi connectivity index (χ2v) is 13.6. The molecule has 0 aromatic carbocycles. The highest BCUT2D eigenvalue weighted by Gasteiger charge is 2.66. The van der Waals surface area contributed by atoms with Gasteiger partial charge in [-0.2, -0.15) is 0 Å². The molecule has 31 heavy (non-hydrogen) atoms. The number of allylic oxidation sites excluding steroid dienone is 4. The molecular formula is C30H50O. The maximum absolute atomic E-state index is 10.8. The summed E-state index contributed by atoms with van der Waals surface area (Å²) in [5.74, 6) is 2.21. The van der Waals surface area contributed by atoms with Gasteiger partial charge in [0.15, 0.2) is 0 Å². The highest BCUT2D eigenvalue weighted by atomic mass is 16.3. The Kier molecular flexibility index (Phi) is 5.90. The molecule has 0 saturated heterocycles. The van der Waals surface area contributed by atoms with Gasteiger partial charge in [0.25, 0.3) is 0 Å². The topological polar surface area (TPSA) is 20.2 Å². The van der Waals surface area contributed by atoms with Crippen LogP contribution in [0.25, 0.3) is 0 Å². The van der Waals surface area contributed by atoms with E-state index in [1.54, 1.807) is 0 Å². The molecule has 4 rings (SSSR count). The fourth-order valence-electron chi connectivity index (χ4n) is 9.59. The van der Waals surface area contributed by atoms with Crippen LogP contribution in [0.1, 0.15) is 120 Å². The van der Waals surface area contributed by atoms with Gasteiger partial charge in [-0.05, 0) is 117 Å². The molecule has 0 aromatic rings.